The Morgan fingerprint density at radius 3 is 3.10 bits per heavy atom. The Bertz CT molecular complexity index is 502. The fourth-order valence-corrected chi connectivity index (χ4v) is 1.85. The van der Waals surface area contributed by atoms with Crippen LogP contribution in [0.25, 0.3) is 0 Å². The van der Waals surface area contributed by atoms with E-state index in [2.05, 4.69) is 5.32 Å². The van der Waals surface area contributed by atoms with Gasteiger partial charge in [0.1, 0.15) is 18.5 Å². The standard InChI is InChI=1S/C14H18N2O4/c15-10-3-4-13(20-7-5-17)11(8-10)16-9-14-12(18)2-1-6-19-14/h1-4,8,14,16-17H,5-7,9,15H2. The molecule has 0 radical (unpaired) electrons. The van der Waals surface area contributed by atoms with Gasteiger partial charge in [-0.2, -0.15) is 0 Å². The molecular formula is C14H18N2O4. The van der Waals surface area contributed by atoms with E-state index in [1.165, 1.54) is 6.08 Å². The zero-order chi connectivity index (χ0) is 14.4. The molecule has 0 saturated carbocycles. The van der Waals surface area contributed by atoms with Gasteiger partial charge in [0, 0.05) is 12.2 Å². The van der Waals surface area contributed by atoms with Crippen LogP contribution in [0.15, 0.2) is 30.4 Å². The van der Waals surface area contributed by atoms with E-state index in [9.17, 15) is 4.79 Å². The number of hydrogen-bond acceptors (Lipinski definition) is 6. The second-order valence-corrected chi connectivity index (χ2v) is 4.34. The predicted molar refractivity (Wildman–Crippen MR) is 75.8 cm³/mol. The van der Waals surface area contributed by atoms with Crippen molar-refractivity contribution in [3.63, 3.8) is 0 Å². The first-order valence-corrected chi connectivity index (χ1v) is 6.39. The molecule has 6 heteroatoms. The molecule has 1 aliphatic rings. The first kappa shape index (κ1) is 14.4. The van der Waals surface area contributed by atoms with Gasteiger partial charge in [0.05, 0.1) is 18.9 Å². The number of rotatable bonds is 6. The van der Waals surface area contributed by atoms with Crippen molar-refractivity contribution in [2.45, 2.75) is 6.10 Å². The number of carbonyl (C=O) groups is 1. The molecule has 0 fully saturated rings. The highest BCUT2D eigenvalue weighted by atomic mass is 16.5. The third-order valence-electron chi connectivity index (χ3n) is 2.82. The SMILES string of the molecule is Nc1ccc(OCCO)c(NCC2OCC=CC2=O)c1. The van der Waals surface area contributed by atoms with Crippen molar-refractivity contribution >= 4 is 17.2 Å². The quantitative estimate of drug-likeness (QED) is 0.659. The molecule has 1 aliphatic heterocycles. The number of nitrogen functional groups attached to an aromatic ring is 1. The van der Waals surface area contributed by atoms with E-state index < -0.39 is 6.10 Å². The number of nitrogens with one attached hydrogen (secondary N) is 1. The maximum absolute atomic E-state index is 11.6. The van der Waals surface area contributed by atoms with Gasteiger partial charge in [0.2, 0.25) is 0 Å². The molecule has 1 aromatic rings. The number of aliphatic hydroxyl groups is 1. The molecule has 0 saturated heterocycles. The van der Waals surface area contributed by atoms with Gasteiger partial charge in [-0.05, 0) is 24.3 Å². The van der Waals surface area contributed by atoms with E-state index in [0.717, 1.165) is 0 Å². The number of nitrogens with two attached hydrogens (primary N) is 1. The summed E-state index contributed by atoms with van der Waals surface area (Å²) in [5.41, 5.74) is 6.99. The molecule has 1 heterocycles. The smallest absolute Gasteiger partial charge is 0.185 e. The van der Waals surface area contributed by atoms with E-state index in [1.54, 1.807) is 24.3 Å². The summed E-state index contributed by atoms with van der Waals surface area (Å²) >= 11 is 0. The van der Waals surface area contributed by atoms with Crippen LogP contribution in [0.5, 0.6) is 5.75 Å². The van der Waals surface area contributed by atoms with Crippen molar-refractivity contribution in [1.82, 2.24) is 0 Å². The topological polar surface area (TPSA) is 93.8 Å². The highest BCUT2D eigenvalue weighted by Crippen LogP contribution is 2.27. The van der Waals surface area contributed by atoms with E-state index >= 15 is 0 Å². The predicted octanol–water partition coefficient (Wildman–Crippen LogP) is 0.576. The maximum Gasteiger partial charge on any atom is 0.185 e. The molecule has 4 N–H and O–H groups in total. The van der Waals surface area contributed by atoms with Crippen molar-refractivity contribution < 1.29 is 19.4 Å². The molecular weight excluding hydrogens is 260 g/mol. The van der Waals surface area contributed by atoms with Crippen LogP contribution in [0, 0.1) is 0 Å². The van der Waals surface area contributed by atoms with Gasteiger partial charge in [-0.25, -0.2) is 0 Å². The van der Waals surface area contributed by atoms with E-state index in [1.807, 2.05) is 0 Å². The molecule has 108 valence electrons. The number of aliphatic hydroxyl groups excluding tert-OH is 1. The normalized spacial score (nSPS) is 18.1. The second kappa shape index (κ2) is 6.93. The van der Waals surface area contributed by atoms with Gasteiger partial charge in [-0.1, -0.05) is 6.08 Å². The zero-order valence-corrected chi connectivity index (χ0v) is 11.0. The monoisotopic (exact) mass is 278 g/mol. The number of benzene rings is 1. The summed E-state index contributed by atoms with van der Waals surface area (Å²) in [7, 11) is 0. The lowest BCUT2D eigenvalue weighted by Gasteiger charge is -2.20. The first-order chi connectivity index (χ1) is 9.70. The average molecular weight is 278 g/mol. The van der Waals surface area contributed by atoms with Crippen molar-refractivity contribution in [3.05, 3.63) is 30.4 Å². The number of carbonyl (C=O) groups excluding carboxylic acids is 1. The van der Waals surface area contributed by atoms with Crippen LogP contribution >= 0.6 is 0 Å². The van der Waals surface area contributed by atoms with Crippen LogP contribution in [0.2, 0.25) is 0 Å². The van der Waals surface area contributed by atoms with Gasteiger partial charge in [0.25, 0.3) is 0 Å². The molecule has 1 unspecified atom stereocenters. The average Bonchev–Trinajstić information content (AvgIpc) is 2.45. The Balaban J connectivity index is 2.02. The lowest BCUT2D eigenvalue weighted by molar-refractivity contribution is -0.125. The highest BCUT2D eigenvalue weighted by Gasteiger charge is 2.19. The summed E-state index contributed by atoms with van der Waals surface area (Å²) in [6.07, 6.45) is 2.71. The van der Waals surface area contributed by atoms with Gasteiger partial charge in [0.15, 0.2) is 5.78 Å². The second-order valence-electron chi connectivity index (χ2n) is 4.34. The van der Waals surface area contributed by atoms with E-state index in [0.29, 0.717) is 30.3 Å². The Kier molecular flexibility index (Phi) is 4.97. The van der Waals surface area contributed by atoms with Crippen LogP contribution in [-0.4, -0.2) is 43.4 Å². The minimum atomic E-state index is -0.507. The minimum absolute atomic E-state index is 0.0644. The van der Waals surface area contributed by atoms with Gasteiger partial charge >= 0.3 is 0 Å². The lowest BCUT2D eigenvalue weighted by atomic mass is 10.1. The van der Waals surface area contributed by atoms with Crippen LogP contribution < -0.4 is 15.8 Å². The number of ether oxygens (including phenoxy) is 2. The van der Waals surface area contributed by atoms with Gasteiger partial charge in [-0.3, -0.25) is 4.79 Å². The summed E-state index contributed by atoms with van der Waals surface area (Å²) in [5, 5.41) is 11.9. The summed E-state index contributed by atoms with van der Waals surface area (Å²) in [4.78, 5) is 11.6. The van der Waals surface area contributed by atoms with Crippen molar-refractivity contribution in [2.75, 3.05) is 37.4 Å². The summed E-state index contributed by atoms with van der Waals surface area (Å²) in [6, 6.07) is 5.15. The first-order valence-electron chi connectivity index (χ1n) is 6.39. The Hall–Kier alpha value is -2.05. The summed E-state index contributed by atoms with van der Waals surface area (Å²) in [6.45, 7) is 0.893. The largest absolute Gasteiger partial charge is 0.489 e. The van der Waals surface area contributed by atoms with Crippen LogP contribution in [0.3, 0.4) is 0 Å². The van der Waals surface area contributed by atoms with E-state index in [4.69, 9.17) is 20.3 Å². The molecule has 6 nitrogen and oxygen atoms in total. The zero-order valence-electron chi connectivity index (χ0n) is 11.0. The molecule has 0 bridgehead atoms. The Morgan fingerprint density at radius 2 is 2.35 bits per heavy atom. The van der Waals surface area contributed by atoms with Crippen LogP contribution in [0.1, 0.15) is 0 Å². The Morgan fingerprint density at radius 1 is 1.50 bits per heavy atom. The Labute approximate surface area is 117 Å². The summed E-state index contributed by atoms with van der Waals surface area (Å²) < 4.78 is 10.8. The van der Waals surface area contributed by atoms with Crippen molar-refractivity contribution in [1.29, 1.82) is 0 Å². The fraction of sp³-hybridized carbons (Fsp3) is 0.357. The third kappa shape index (κ3) is 3.72. The maximum atomic E-state index is 11.6. The summed E-state index contributed by atoms with van der Waals surface area (Å²) in [5.74, 6) is 0.512. The van der Waals surface area contributed by atoms with Crippen LogP contribution in [0.4, 0.5) is 11.4 Å². The molecule has 0 aliphatic carbocycles. The van der Waals surface area contributed by atoms with Crippen molar-refractivity contribution in [2.24, 2.45) is 0 Å². The number of anilines is 2. The molecule has 1 atom stereocenters. The minimum Gasteiger partial charge on any atom is -0.489 e. The van der Waals surface area contributed by atoms with Gasteiger partial charge in [-0.15, -0.1) is 0 Å². The molecule has 1 aromatic carbocycles. The number of hydrogen-bond donors (Lipinski definition) is 3. The molecule has 0 aromatic heterocycles. The molecule has 0 spiro atoms. The lowest BCUT2D eigenvalue weighted by Crippen LogP contribution is -2.33. The molecule has 20 heavy (non-hydrogen) atoms. The van der Waals surface area contributed by atoms with Crippen LogP contribution in [-0.2, 0) is 9.53 Å². The fourth-order valence-electron chi connectivity index (χ4n) is 1.85. The third-order valence-corrected chi connectivity index (χ3v) is 2.82. The van der Waals surface area contributed by atoms with E-state index in [-0.39, 0.29) is 19.0 Å². The molecule has 0 amide bonds. The number of ketones is 1. The highest BCUT2D eigenvalue weighted by molar-refractivity contribution is 5.94. The van der Waals surface area contributed by atoms with Gasteiger partial charge < -0.3 is 25.6 Å². The van der Waals surface area contributed by atoms with Crippen molar-refractivity contribution in [3.8, 4) is 5.75 Å². The molecule has 2 rings (SSSR count).